The van der Waals surface area contributed by atoms with E-state index in [1.807, 2.05) is 0 Å². The van der Waals surface area contributed by atoms with Crippen molar-refractivity contribution in [3.63, 3.8) is 0 Å². The summed E-state index contributed by atoms with van der Waals surface area (Å²) in [5, 5.41) is 2.53. The smallest absolute Gasteiger partial charge is 0.0541 e. The number of benzene rings is 8. The first-order chi connectivity index (χ1) is 24.8. The zero-order chi connectivity index (χ0) is 33.0. The quantitative estimate of drug-likeness (QED) is 0.177. The Morgan fingerprint density at radius 2 is 0.880 bits per heavy atom. The van der Waals surface area contributed by atoms with Gasteiger partial charge in [-0.25, -0.2) is 0 Å². The van der Waals surface area contributed by atoms with Gasteiger partial charge in [0.1, 0.15) is 0 Å². The maximum Gasteiger partial charge on any atom is 0.0541 e. The van der Waals surface area contributed by atoms with Crippen LogP contribution in [0.3, 0.4) is 0 Å². The summed E-state index contributed by atoms with van der Waals surface area (Å²) in [5.74, 6) is 0.202. The molecule has 0 bridgehead atoms. The molecule has 234 valence electrons. The summed E-state index contributed by atoms with van der Waals surface area (Å²) in [6.07, 6.45) is 0. The molecule has 1 unspecified atom stereocenters. The van der Waals surface area contributed by atoms with Gasteiger partial charge in [0, 0.05) is 22.4 Å². The van der Waals surface area contributed by atoms with Crippen molar-refractivity contribution in [2.75, 3.05) is 0 Å². The second-order valence-electron chi connectivity index (χ2n) is 13.3. The van der Waals surface area contributed by atoms with Gasteiger partial charge in [-0.2, -0.15) is 0 Å². The molecule has 8 aromatic carbocycles. The molecule has 0 N–H and O–H groups in total. The summed E-state index contributed by atoms with van der Waals surface area (Å²) < 4.78 is 2.40. The minimum Gasteiger partial charge on any atom is -0.309 e. The maximum absolute atomic E-state index is 2.41. The lowest BCUT2D eigenvalue weighted by Gasteiger charge is -2.16. The van der Waals surface area contributed by atoms with E-state index in [4.69, 9.17) is 0 Å². The van der Waals surface area contributed by atoms with Crippen molar-refractivity contribution in [3.05, 3.63) is 211 Å². The molecule has 1 aliphatic carbocycles. The first-order valence-corrected chi connectivity index (χ1v) is 17.4. The molecule has 0 saturated heterocycles. The minimum absolute atomic E-state index is 0.202. The number of hydrogen-bond donors (Lipinski definition) is 0. The molecule has 0 fully saturated rings. The van der Waals surface area contributed by atoms with Crippen molar-refractivity contribution >= 4 is 21.8 Å². The Bertz CT molecular complexity index is 2680. The van der Waals surface area contributed by atoms with Gasteiger partial charge in [0.15, 0.2) is 0 Å². The molecule has 0 amide bonds. The molecule has 0 radical (unpaired) electrons. The van der Waals surface area contributed by atoms with Crippen molar-refractivity contribution < 1.29 is 0 Å². The van der Waals surface area contributed by atoms with Gasteiger partial charge < -0.3 is 4.57 Å². The zero-order valence-corrected chi connectivity index (χ0v) is 27.5. The van der Waals surface area contributed by atoms with Gasteiger partial charge in [-0.15, -0.1) is 0 Å². The second-order valence-corrected chi connectivity index (χ2v) is 13.3. The van der Waals surface area contributed by atoms with Crippen LogP contribution in [0.2, 0.25) is 0 Å². The first kappa shape index (κ1) is 28.6. The Kier molecular flexibility index (Phi) is 6.63. The highest BCUT2D eigenvalue weighted by Crippen LogP contribution is 2.49. The van der Waals surface area contributed by atoms with Crippen LogP contribution in [0.1, 0.15) is 22.6 Å². The van der Waals surface area contributed by atoms with E-state index in [0.29, 0.717) is 0 Å². The lowest BCUT2D eigenvalue weighted by atomic mass is 9.87. The molecule has 9 aromatic rings. The summed E-state index contributed by atoms with van der Waals surface area (Å²) in [4.78, 5) is 0. The molecule has 1 heteroatoms. The van der Waals surface area contributed by atoms with Crippen molar-refractivity contribution in [2.24, 2.45) is 0 Å². The van der Waals surface area contributed by atoms with Gasteiger partial charge in [0.2, 0.25) is 0 Å². The van der Waals surface area contributed by atoms with E-state index in [1.54, 1.807) is 0 Å². The van der Waals surface area contributed by atoms with E-state index in [-0.39, 0.29) is 5.92 Å². The average Bonchev–Trinajstić information content (AvgIpc) is 3.71. The molecule has 1 aliphatic rings. The number of aromatic nitrogens is 1. The molecular formula is C49H33N. The fourth-order valence-corrected chi connectivity index (χ4v) is 8.13. The molecule has 1 heterocycles. The Hall–Kier alpha value is -6.44. The summed E-state index contributed by atoms with van der Waals surface area (Å²) in [5.41, 5.74) is 17.8. The molecule has 1 aromatic heterocycles. The van der Waals surface area contributed by atoms with Crippen LogP contribution in [0.4, 0.5) is 0 Å². The molecule has 1 nitrogen and oxygen atoms in total. The molecule has 1 atom stereocenters. The molecule has 0 spiro atoms. The molecule has 10 rings (SSSR count). The number of rotatable bonds is 5. The van der Waals surface area contributed by atoms with Crippen molar-refractivity contribution in [1.82, 2.24) is 4.57 Å². The number of para-hydroxylation sites is 1. The standard InChI is InChI=1S/C49H33N/c1-3-12-33(13-4-1)35-22-26-40(27-23-35)50-47-21-10-9-19-42(47)46-32-38(25-29-48(46)50)37-24-28-44-45(31-37)41-18-7-8-20-43(41)49(44)39-17-11-16-36(30-39)34-14-5-2-6-15-34/h1-32,49H. The Balaban J connectivity index is 1.07. The van der Waals surface area contributed by atoms with Crippen molar-refractivity contribution in [1.29, 1.82) is 0 Å². The summed E-state index contributed by atoms with van der Waals surface area (Å²) in [6.45, 7) is 0. The number of hydrogen-bond acceptors (Lipinski definition) is 0. The van der Waals surface area contributed by atoms with Crippen LogP contribution in [0.25, 0.3) is 72.0 Å². The largest absolute Gasteiger partial charge is 0.309 e. The van der Waals surface area contributed by atoms with E-state index in [0.717, 1.165) is 0 Å². The van der Waals surface area contributed by atoms with Crippen molar-refractivity contribution in [2.45, 2.75) is 5.92 Å². The monoisotopic (exact) mass is 635 g/mol. The van der Waals surface area contributed by atoms with Gasteiger partial charge in [-0.3, -0.25) is 0 Å². The van der Waals surface area contributed by atoms with Crippen LogP contribution < -0.4 is 0 Å². The van der Waals surface area contributed by atoms with E-state index in [2.05, 4.69) is 199 Å². The molecular weight excluding hydrogens is 603 g/mol. The number of nitrogens with zero attached hydrogens (tertiary/aromatic N) is 1. The van der Waals surface area contributed by atoms with Crippen LogP contribution in [-0.4, -0.2) is 4.57 Å². The van der Waals surface area contributed by atoms with Gasteiger partial charge in [-0.1, -0.05) is 158 Å². The van der Waals surface area contributed by atoms with Gasteiger partial charge in [0.25, 0.3) is 0 Å². The van der Waals surface area contributed by atoms with Gasteiger partial charge in [-0.05, 0) is 97.6 Å². The predicted octanol–water partition coefficient (Wildman–Crippen LogP) is 12.9. The first-order valence-electron chi connectivity index (χ1n) is 17.4. The average molecular weight is 636 g/mol. The molecule has 50 heavy (non-hydrogen) atoms. The summed E-state index contributed by atoms with van der Waals surface area (Å²) >= 11 is 0. The zero-order valence-electron chi connectivity index (χ0n) is 27.5. The normalized spacial score (nSPS) is 13.4. The summed E-state index contributed by atoms with van der Waals surface area (Å²) in [6, 6.07) is 71.1. The highest BCUT2D eigenvalue weighted by Gasteiger charge is 2.30. The minimum atomic E-state index is 0.202. The molecule has 0 aliphatic heterocycles. The second kappa shape index (κ2) is 11.6. The third kappa shape index (κ3) is 4.63. The van der Waals surface area contributed by atoms with Gasteiger partial charge in [0.05, 0.1) is 11.0 Å². The summed E-state index contributed by atoms with van der Waals surface area (Å²) in [7, 11) is 0. The van der Waals surface area contributed by atoms with E-state index in [9.17, 15) is 0 Å². The SMILES string of the molecule is c1ccc(-c2ccc(-n3c4ccccc4c4cc(-c5ccc6c(c5)-c5ccccc5C6c5cccc(-c6ccccc6)c5)ccc43)cc2)cc1. The third-order valence-electron chi connectivity index (χ3n) is 10.5. The van der Waals surface area contributed by atoms with Crippen LogP contribution in [-0.2, 0) is 0 Å². The number of fused-ring (bicyclic) bond motifs is 6. The van der Waals surface area contributed by atoms with E-state index < -0.39 is 0 Å². The fourth-order valence-electron chi connectivity index (χ4n) is 8.13. The molecule has 0 saturated carbocycles. The van der Waals surface area contributed by atoms with Crippen LogP contribution in [0.5, 0.6) is 0 Å². The fraction of sp³-hybridized carbons (Fsp3) is 0.0204. The Morgan fingerprint density at radius 1 is 0.320 bits per heavy atom. The van der Waals surface area contributed by atoms with Gasteiger partial charge >= 0.3 is 0 Å². The van der Waals surface area contributed by atoms with Crippen molar-refractivity contribution in [3.8, 4) is 50.2 Å². The van der Waals surface area contributed by atoms with Crippen LogP contribution in [0.15, 0.2) is 194 Å². The van der Waals surface area contributed by atoms with E-state index >= 15 is 0 Å². The lowest BCUT2D eigenvalue weighted by molar-refractivity contribution is 1.02. The van der Waals surface area contributed by atoms with Crippen LogP contribution >= 0.6 is 0 Å². The highest BCUT2D eigenvalue weighted by atomic mass is 15.0. The topological polar surface area (TPSA) is 4.93 Å². The predicted molar refractivity (Wildman–Crippen MR) is 210 cm³/mol. The Labute approximate surface area is 292 Å². The van der Waals surface area contributed by atoms with E-state index in [1.165, 1.54) is 88.7 Å². The maximum atomic E-state index is 2.41. The Morgan fingerprint density at radius 3 is 1.70 bits per heavy atom. The van der Waals surface area contributed by atoms with Crippen LogP contribution in [0, 0.1) is 0 Å². The highest BCUT2D eigenvalue weighted by molar-refractivity contribution is 6.10. The lowest BCUT2D eigenvalue weighted by Crippen LogP contribution is -1.99. The third-order valence-corrected chi connectivity index (χ3v) is 10.5.